The Kier molecular flexibility index (Phi) is 3.90. The van der Waals surface area contributed by atoms with Crippen molar-refractivity contribution in [2.45, 2.75) is 38.6 Å². The van der Waals surface area contributed by atoms with Crippen LogP contribution < -0.4 is 10.6 Å². The summed E-state index contributed by atoms with van der Waals surface area (Å²) in [5, 5.41) is 20.0. The number of H-pyrrole nitrogens is 1. The fourth-order valence-electron chi connectivity index (χ4n) is 2.19. The van der Waals surface area contributed by atoms with E-state index in [1.165, 1.54) is 6.42 Å². The molecule has 7 nitrogen and oxygen atoms in total. The summed E-state index contributed by atoms with van der Waals surface area (Å²) in [6.45, 7) is 5.84. The van der Waals surface area contributed by atoms with E-state index < -0.39 is 5.54 Å². The van der Waals surface area contributed by atoms with Gasteiger partial charge in [0.25, 0.3) is 0 Å². The van der Waals surface area contributed by atoms with Gasteiger partial charge in [0.2, 0.25) is 5.91 Å². The van der Waals surface area contributed by atoms with Gasteiger partial charge in [0.05, 0.1) is 5.54 Å². The maximum absolute atomic E-state index is 11.9. The molecule has 1 aromatic heterocycles. The van der Waals surface area contributed by atoms with Crippen molar-refractivity contribution in [1.29, 1.82) is 0 Å². The minimum Gasteiger partial charge on any atom is -0.344 e. The molecule has 0 radical (unpaired) electrons. The van der Waals surface area contributed by atoms with E-state index in [0.29, 0.717) is 18.2 Å². The van der Waals surface area contributed by atoms with Crippen LogP contribution in [-0.2, 0) is 10.3 Å². The molecule has 0 aromatic carbocycles. The van der Waals surface area contributed by atoms with Crippen molar-refractivity contribution < 1.29 is 4.79 Å². The van der Waals surface area contributed by atoms with Gasteiger partial charge in [-0.25, -0.2) is 0 Å². The van der Waals surface area contributed by atoms with Gasteiger partial charge in [-0.3, -0.25) is 4.79 Å². The van der Waals surface area contributed by atoms with Crippen molar-refractivity contribution in [1.82, 2.24) is 31.3 Å². The molecular formula is C11H20N6O. The maximum atomic E-state index is 11.9. The van der Waals surface area contributed by atoms with E-state index in [2.05, 4.69) is 31.3 Å². The van der Waals surface area contributed by atoms with Crippen molar-refractivity contribution in [3.8, 4) is 0 Å². The number of aromatic amines is 1. The number of amides is 1. The summed E-state index contributed by atoms with van der Waals surface area (Å²) in [6.07, 6.45) is 2.65. The number of carbonyl (C=O) groups is 1. The lowest BCUT2D eigenvalue weighted by molar-refractivity contribution is -0.123. The number of carbonyl (C=O) groups excluding carboxylic acids is 1. The average Bonchev–Trinajstić information content (AvgIpc) is 2.99. The topological polar surface area (TPSA) is 95.6 Å². The lowest BCUT2D eigenvalue weighted by Gasteiger charge is -2.22. The van der Waals surface area contributed by atoms with Crippen LogP contribution in [-0.4, -0.2) is 39.6 Å². The molecule has 1 unspecified atom stereocenters. The highest BCUT2D eigenvalue weighted by Crippen LogP contribution is 2.17. The van der Waals surface area contributed by atoms with E-state index in [9.17, 15) is 4.79 Å². The van der Waals surface area contributed by atoms with Crippen LogP contribution in [0.1, 0.15) is 38.9 Å². The highest BCUT2D eigenvalue weighted by Gasteiger charge is 2.27. The van der Waals surface area contributed by atoms with E-state index in [1.54, 1.807) is 0 Å². The molecule has 7 heteroatoms. The smallest absolute Gasteiger partial charge is 0.220 e. The maximum Gasteiger partial charge on any atom is 0.220 e. The Hall–Kier alpha value is -1.50. The minimum atomic E-state index is -0.585. The lowest BCUT2D eigenvalue weighted by Crippen LogP contribution is -2.42. The zero-order chi connectivity index (χ0) is 13.0. The number of hydrogen-bond acceptors (Lipinski definition) is 5. The molecule has 1 aliphatic rings. The first-order valence-electron chi connectivity index (χ1n) is 6.33. The Labute approximate surface area is 106 Å². The quantitative estimate of drug-likeness (QED) is 0.682. The normalized spacial score (nSPS) is 20.0. The van der Waals surface area contributed by atoms with Crippen molar-refractivity contribution in [2.24, 2.45) is 5.92 Å². The second-order valence-electron chi connectivity index (χ2n) is 5.31. The molecule has 18 heavy (non-hydrogen) atoms. The second kappa shape index (κ2) is 5.43. The molecule has 0 aliphatic carbocycles. The lowest BCUT2D eigenvalue weighted by atomic mass is 10.0. The third-order valence-electron chi connectivity index (χ3n) is 3.30. The molecule has 1 fully saturated rings. The van der Waals surface area contributed by atoms with Gasteiger partial charge >= 0.3 is 0 Å². The predicted octanol–water partition coefficient (Wildman–Crippen LogP) is -0.0593. The zero-order valence-corrected chi connectivity index (χ0v) is 10.9. The molecular weight excluding hydrogens is 232 g/mol. The Balaban J connectivity index is 1.79. The first-order chi connectivity index (χ1) is 8.58. The summed E-state index contributed by atoms with van der Waals surface area (Å²) in [5.41, 5.74) is -0.585. The van der Waals surface area contributed by atoms with E-state index in [0.717, 1.165) is 19.5 Å². The fraction of sp³-hybridized carbons (Fsp3) is 0.818. The summed E-state index contributed by atoms with van der Waals surface area (Å²) in [6, 6.07) is 0. The van der Waals surface area contributed by atoms with Crippen molar-refractivity contribution >= 4 is 5.91 Å². The Bertz CT molecular complexity index is 382. The van der Waals surface area contributed by atoms with E-state index >= 15 is 0 Å². The Morgan fingerprint density at radius 1 is 1.56 bits per heavy atom. The molecule has 2 rings (SSSR count). The molecule has 1 saturated heterocycles. The molecule has 1 aromatic rings. The molecule has 0 spiro atoms. The third-order valence-corrected chi connectivity index (χ3v) is 3.30. The van der Waals surface area contributed by atoms with E-state index in [-0.39, 0.29) is 5.91 Å². The summed E-state index contributed by atoms with van der Waals surface area (Å²) in [7, 11) is 0. The van der Waals surface area contributed by atoms with Crippen LogP contribution in [0.2, 0.25) is 0 Å². The summed E-state index contributed by atoms with van der Waals surface area (Å²) in [5.74, 6) is 1.17. The van der Waals surface area contributed by atoms with Gasteiger partial charge < -0.3 is 10.6 Å². The first-order valence-corrected chi connectivity index (χ1v) is 6.33. The molecule has 1 aliphatic heterocycles. The number of hydrogen-bond donors (Lipinski definition) is 3. The van der Waals surface area contributed by atoms with Crippen LogP contribution >= 0.6 is 0 Å². The van der Waals surface area contributed by atoms with Crippen molar-refractivity contribution in [3.63, 3.8) is 0 Å². The minimum absolute atomic E-state index is 0.0386. The highest BCUT2D eigenvalue weighted by molar-refractivity contribution is 5.76. The molecule has 100 valence electrons. The van der Waals surface area contributed by atoms with E-state index in [1.807, 2.05) is 13.8 Å². The SMILES string of the molecule is CC(C)(NC(=O)CCC1CCNC1)c1nn[nH]n1. The van der Waals surface area contributed by atoms with Gasteiger partial charge in [-0.2, -0.15) is 5.21 Å². The summed E-state index contributed by atoms with van der Waals surface area (Å²) in [4.78, 5) is 11.9. The second-order valence-corrected chi connectivity index (χ2v) is 5.31. The number of aromatic nitrogens is 4. The molecule has 1 atom stereocenters. The fourth-order valence-corrected chi connectivity index (χ4v) is 2.19. The van der Waals surface area contributed by atoms with Crippen LogP contribution in [0.4, 0.5) is 0 Å². The number of nitrogens with one attached hydrogen (secondary N) is 3. The largest absolute Gasteiger partial charge is 0.344 e. The van der Waals surface area contributed by atoms with Gasteiger partial charge in [-0.15, -0.1) is 10.2 Å². The highest BCUT2D eigenvalue weighted by atomic mass is 16.1. The van der Waals surface area contributed by atoms with E-state index in [4.69, 9.17) is 0 Å². The monoisotopic (exact) mass is 252 g/mol. The standard InChI is InChI=1S/C11H20N6O/c1-11(2,10-14-16-17-15-10)13-9(18)4-3-8-5-6-12-7-8/h8,12H,3-7H2,1-2H3,(H,13,18)(H,14,15,16,17). The van der Waals surface area contributed by atoms with Gasteiger partial charge in [0.1, 0.15) is 0 Å². The predicted molar refractivity (Wildman–Crippen MR) is 65.6 cm³/mol. The van der Waals surface area contributed by atoms with Gasteiger partial charge in [-0.05, 0) is 45.7 Å². The first kappa shape index (κ1) is 12.9. The van der Waals surface area contributed by atoms with Gasteiger partial charge in [-0.1, -0.05) is 5.21 Å². The number of nitrogens with zero attached hydrogens (tertiary/aromatic N) is 3. The van der Waals surface area contributed by atoms with Crippen LogP contribution in [0, 0.1) is 5.92 Å². The van der Waals surface area contributed by atoms with Gasteiger partial charge in [0.15, 0.2) is 5.82 Å². The summed E-state index contributed by atoms with van der Waals surface area (Å²) < 4.78 is 0. The molecule has 1 amide bonds. The van der Waals surface area contributed by atoms with Crippen LogP contribution in [0.5, 0.6) is 0 Å². The van der Waals surface area contributed by atoms with Crippen molar-refractivity contribution in [2.75, 3.05) is 13.1 Å². The molecule has 0 saturated carbocycles. The molecule has 0 bridgehead atoms. The van der Waals surface area contributed by atoms with Gasteiger partial charge in [0, 0.05) is 6.42 Å². The average molecular weight is 252 g/mol. The van der Waals surface area contributed by atoms with Crippen molar-refractivity contribution in [3.05, 3.63) is 5.82 Å². The number of tetrazole rings is 1. The summed E-state index contributed by atoms with van der Waals surface area (Å²) >= 11 is 0. The number of rotatable bonds is 5. The zero-order valence-electron chi connectivity index (χ0n) is 10.9. The molecule has 3 N–H and O–H groups in total. The Morgan fingerprint density at radius 2 is 2.39 bits per heavy atom. The Morgan fingerprint density at radius 3 is 3.00 bits per heavy atom. The van der Waals surface area contributed by atoms with Crippen LogP contribution in [0.15, 0.2) is 0 Å². The molecule has 2 heterocycles. The van der Waals surface area contributed by atoms with Crippen LogP contribution in [0.3, 0.4) is 0 Å². The van der Waals surface area contributed by atoms with Crippen LogP contribution in [0.25, 0.3) is 0 Å². The third kappa shape index (κ3) is 3.25.